The normalized spacial score (nSPS) is 12.8. The van der Waals surface area contributed by atoms with Crippen LogP contribution < -0.4 is 10.5 Å². The van der Waals surface area contributed by atoms with E-state index < -0.39 is 10.0 Å². The van der Waals surface area contributed by atoms with E-state index in [4.69, 9.17) is 17.3 Å². The van der Waals surface area contributed by atoms with Gasteiger partial charge in [0, 0.05) is 23.5 Å². The van der Waals surface area contributed by atoms with Crippen molar-refractivity contribution in [2.24, 2.45) is 0 Å². The van der Waals surface area contributed by atoms with Crippen LogP contribution in [0.15, 0.2) is 58.4 Å². The average molecular weight is 470 g/mol. The van der Waals surface area contributed by atoms with Crippen LogP contribution in [0.4, 0.5) is 11.6 Å². The maximum atomic E-state index is 12.8. The number of nitrogens with zero attached hydrogens (tertiary/aromatic N) is 3. The molecule has 5 rings (SSSR count). The Bertz CT molecular complexity index is 1390. The number of rotatable bonds is 4. The van der Waals surface area contributed by atoms with Crippen LogP contribution in [0.3, 0.4) is 0 Å². The summed E-state index contributed by atoms with van der Waals surface area (Å²) in [6.45, 7) is 0. The maximum Gasteiger partial charge on any atom is 0.271 e. The number of hydrogen-bond donors (Lipinski definition) is 2. The average Bonchev–Trinajstić information content (AvgIpc) is 3.30. The summed E-state index contributed by atoms with van der Waals surface area (Å²) < 4.78 is 28.3. The molecule has 3 N–H and O–H groups in total. The highest BCUT2D eigenvalue weighted by Crippen LogP contribution is 2.42. The molecule has 0 spiro atoms. The molecular weight excluding hydrogens is 454 g/mol. The number of anilines is 2. The Morgan fingerprint density at radius 2 is 1.90 bits per heavy atom. The zero-order chi connectivity index (χ0) is 21.6. The van der Waals surface area contributed by atoms with Crippen molar-refractivity contribution in [1.82, 2.24) is 15.0 Å². The molecule has 0 bridgehead atoms. The number of nitrogens with two attached hydrogens (primary N) is 1. The molecule has 0 radical (unpaired) electrons. The lowest BCUT2D eigenvalue weighted by atomic mass is 9.86. The van der Waals surface area contributed by atoms with Gasteiger partial charge in [-0.1, -0.05) is 17.7 Å². The van der Waals surface area contributed by atoms with E-state index in [0.29, 0.717) is 29.2 Å². The summed E-state index contributed by atoms with van der Waals surface area (Å²) in [5.74, 6) is 0.196. The Morgan fingerprint density at radius 3 is 2.65 bits per heavy atom. The van der Waals surface area contributed by atoms with Crippen molar-refractivity contribution in [2.45, 2.75) is 17.1 Å². The molecule has 0 aliphatic heterocycles. The molecule has 0 unspecified atom stereocenters. The summed E-state index contributed by atoms with van der Waals surface area (Å²) in [5, 5.41) is 2.05. The number of fused-ring (bicyclic) bond motifs is 3. The lowest BCUT2D eigenvalue weighted by molar-refractivity contribution is 0.603. The summed E-state index contributed by atoms with van der Waals surface area (Å²) in [4.78, 5) is 13.0. The van der Waals surface area contributed by atoms with E-state index in [1.54, 1.807) is 42.0 Å². The maximum absolute atomic E-state index is 12.8. The monoisotopic (exact) mass is 469 g/mol. The number of thiophene rings is 1. The van der Waals surface area contributed by atoms with E-state index in [1.165, 1.54) is 0 Å². The number of pyridine rings is 1. The molecule has 10 heteroatoms. The first-order chi connectivity index (χ1) is 14.9. The number of hydrogen-bond acceptors (Lipinski definition) is 7. The van der Waals surface area contributed by atoms with Crippen LogP contribution in [0.25, 0.3) is 22.4 Å². The van der Waals surface area contributed by atoms with Crippen molar-refractivity contribution in [1.29, 1.82) is 0 Å². The Balaban J connectivity index is 1.68. The first kappa shape index (κ1) is 19.9. The van der Waals surface area contributed by atoms with E-state index in [-0.39, 0.29) is 10.2 Å². The molecule has 1 aliphatic carbocycles. The highest BCUT2D eigenvalue weighted by Gasteiger charge is 2.26. The Hall–Kier alpha value is -3.01. The summed E-state index contributed by atoms with van der Waals surface area (Å²) in [7, 11) is -3.74. The van der Waals surface area contributed by atoms with Gasteiger partial charge >= 0.3 is 0 Å². The third-order valence-electron chi connectivity index (χ3n) is 5.05. The molecule has 7 nitrogen and oxygen atoms in total. The van der Waals surface area contributed by atoms with Gasteiger partial charge in [0.25, 0.3) is 10.0 Å². The highest BCUT2D eigenvalue weighted by atomic mass is 35.5. The molecule has 0 atom stereocenters. The molecule has 0 amide bonds. The summed E-state index contributed by atoms with van der Waals surface area (Å²) in [6, 6.07) is 10.5. The molecule has 1 aromatic carbocycles. The van der Waals surface area contributed by atoms with Gasteiger partial charge in [0.1, 0.15) is 4.21 Å². The molecule has 1 aliphatic rings. The van der Waals surface area contributed by atoms with Crippen LogP contribution in [-0.4, -0.2) is 23.4 Å². The van der Waals surface area contributed by atoms with Crippen molar-refractivity contribution in [3.05, 3.63) is 70.5 Å². The van der Waals surface area contributed by atoms with E-state index >= 15 is 0 Å². The SMILES string of the molecule is Nc1nc2c(c(-c3ccncc3)n1)-c1cc(NS(=O)(=O)c3cccs3)c(Cl)cc1CC2. The second-order valence-corrected chi connectivity index (χ2v) is 10.3. The van der Waals surface area contributed by atoms with Gasteiger partial charge in [-0.25, -0.2) is 18.4 Å². The van der Waals surface area contributed by atoms with E-state index in [1.807, 2.05) is 12.1 Å². The topological polar surface area (TPSA) is 111 Å². The third kappa shape index (κ3) is 3.65. The number of nitrogens with one attached hydrogen (secondary N) is 1. The second kappa shape index (κ2) is 7.60. The zero-order valence-corrected chi connectivity index (χ0v) is 18.4. The smallest absolute Gasteiger partial charge is 0.271 e. The predicted octanol–water partition coefficient (Wildman–Crippen LogP) is 4.40. The zero-order valence-electron chi connectivity index (χ0n) is 16.0. The first-order valence-corrected chi connectivity index (χ1v) is 12.1. The van der Waals surface area contributed by atoms with Crippen LogP contribution in [-0.2, 0) is 22.9 Å². The second-order valence-electron chi connectivity index (χ2n) is 7.01. The molecule has 156 valence electrons. The number of sulfonamides is 1. The number of benzene rings is 1. The van der Waals surface area contributed by atoms with Crippen LogP contribution in [0.2, 0.25) is 5.02 Å². The van der Waals surface area contributed by atoms with Gasteiger partial charge in [-0.2, -0.15) is 0 Å². The summed E-state index contributed by atoms with van der Waals surface area (Å²) in [5.41, 5.74) is 11.3. The van der Waals surface area contributed by atoms with Crippen molar-refractivity contribution < 1.29 is 8.42 Å². The molecule has 3 heterocycles. The van der Waals surface area contributed by atoms with Crippen molar-refractivity contribution in [3.63, 3.8) is 0 Å². The van der Waals surface area contributed by atoms with Gasteiger partial charge in [-0.15, -0.1) is 11.3 Å². The van der Waals surface area contributed by atoms with Gasteiger partial charge in [-0.05, 0) is 59.7 Å². The van der Waals surface area contributed by atoms with Crippen LogP contribution in [0.5, 0.6) is 0 Å². The number of nitrogen functional groups attached to an aromatic ring is 1. The van der Waals surface area contributed by atoms with Gasteiger partial charge in [0.05, 0.1) is 22.1 Å². The fraction of sp³-hybridized carbons (Fsp3) is 0.0952. The fourth-order valence-corrected chi connectivity index (χ4v) is 6.06. The van der Waals surface area contributed by atoms with Crippen molar-refractivity contribution in [2.75, 3.05) is 10.5 Å². The minimum atomic E-state index is -3.74. The minimum absolute atomic E-state index is 0.196. The molecule has 31 heavy (non-hydrogen) atoms. The molecule has 0 saturated heterocycles. The quantitative estimate of drug-likeness (QED) is 0.458. The van der Waals surface area contributed by atoms with Crippen LogP contribution in [0.1, 0.15) is 11.3 Å². The Kier molecular flexibility index (Phi) is 4.88. The standard InChI is InChI=1S/C21H16ClN5O2S2/c22-15-10-13-3-4-16-19(20(26-21(23)25-16)12-5-7-24-8-6-12)14(13)11-17(15)27-31(28,29)18-2-1-9-30-18/h1-2,5-11,27H,3-4H2,(H2,23,25,26). The van der Waals surface area contributed by atoms with Crippen molar-refractivity contribution >= 4 is 44.6 Å². The van der Waals surface area contributed by atoms with Gasteiger partial charge in [0.15, 0.2) is 0 Å². The highest BCUT2D eigenvalue weighted by molar-refractivity contribution is 7.94. The van der Waals surface area contributed by atoms with Gasteiger partial charge in [0.2, 0.25) is 5.95 Å². The molecule has 4 aromatic rings. The number of aromatic nitrogens is 3. The molecular formula is C21H16ClN5O2S2. The third-order valence-corrected chi connectivity index (χ3v) is 8.13. The lowest BCUT2D eigenvalue weighted by Gasteiger charge is -2.23. The summed E-state index contributed by atoms with van der Waals surface area (Å²) >= 11 is 7.59. The fourth-order valence-electron chi connectivity index (χ4n) is 3.71. The number of halogens is 1. The molecule has 0 saturated carbocycles. The van der Waals surface area contributed by atoms with E-state index in [0.717, 1.165) is 39.3 Å². The first-order valence-electron chi connectivity index (χ1n) is 9.38. The number of aryl methyl sites for hydroxylation is 2. The van der Waals surface area contributed by atoms with Crippen molar-refractivity contribution in [3.8, 4) is 22.4 Å². The predicted molar refractivity (Wildman–Crippen MR) is 123 cm³/mol. The van der Waals surface area contributed by atoms with Gasteiger partial charge < -0.3 is 5.73 Å². The Labute approximate surface area is 188 Å². The minimum Gasteiger partial charge on any atom is -0.368 e. The Morgan fingerprint density at radius 1 is 1.10 bits per heavy atom. The van der Waals surface area contributed by atoms with Crippen LogP contribution in [0, 0.1) is 0 Å². The van der Waals surface area contributed by atoms with Crippen LogP contribution >= 0.6 is 22.9 Å². The van der Waals surface area contributed by atoms with E-state index in [9.17, 15) is 8.42 Å². The van der Waals surface area contributed by atoms with Gasteiger partial charge in [-0.3, -0.25) is 9.71 Å². The summed E-state index contributed by atoms with van der Waals surface area (Å²) in [6.07, 6.45) is 4.77. The lowest BCUT2D eigenvalue weighted by Crippen LogP contribution is -2.14. The van der Waals surface area contributed by atoms with E-state index in [2.05, 4.69) is 19.7 Å². The molecule has 0 fully saturated rings. The molecule has 3 aromatic heterocycles. The largest absolute Gasteiger partial charge is 0.368 e.